The first-order valence-corrected chi connectivity index (χ1v) is 10.8. The van der Waals surface area contributed by atoms with Gasteiger partial charge in [-0.15, -0.1) is 18.3 Å². The molecule has 29 heavy (non-hydrogen) atoms. The first-order valence-electron chi connectivity index (χ1n) is 8.45. The number of hydrogen-bond donors (Lipinski definition) is 1. The van der Waals surface area contributed by atoms with Crippen molar-refractivity contribution in [2.24, 2.45) is 0 Å². The fraction of sp³-hybridized carbons (Fsp3) is 0.105. The molecule has 2 aromatic heterocycles. The molecule has 3 aromatic rings. The number of carbonyl (C=O) groups excluding carboxylic acids is 1. The molecule has 0 saturated carbocycles. The lowest BCUT2D eigenvalue weighted by Gasteiger charge is -2.19. The quantitative estimate of drug-likeness (QED) is 0.522. The Morgan fingerprint density at radius 1 is 1.14 bits per heavy atom. The normalized spacial score (nSPS) is 11.3. The van der Waals surface area contributed by atoms with E-state index in [9.17, 15) is 13.2 Å². The van der Waals surface area contributed by atoms with Gasteiger partial charge in [0.1, 0.15) is 0 Å². The molecule has 150 valence electrons. The average molecular weight is 431 g/mol. The lowest BCUT2D eigenvalue weighted by atomic mass is 10.2. The minimum absolute atomic E-state index is 0.0453. The molecule has 1 N–H and O–H groups in total. The van der Waals surface area contributed by atoms with Gasteiger partial charge in [0, 0.05) is 29.6 Å². The summed E-state index contributed by atoms with van der Waals surface area (Å²) < 4.78 is 32.0. The molecule has 0 aliphatic heterocycles. The molecular weight excluding hydrogens is 412 g/mol. The largest absolute Gasteiger partial charge is 0.403 e. The van der Waals surface area contributed by atoms with Crippen LogP contribution < -0.4 is 5.32 Å². The van der Waals surface area contributed by atoms with E-state index in [1.165, 1.54) is 52.1 Å². The van der Waals surface area contributed by atoms with E-state index in [2.05, 4.69) is 28.7 Å². The van der Waals surface area contributed by atoms with Crippen molar-refractivity contribution in [3.8, 4) is 11.5 Å². The van der Waals surface area contributed by atoms with Crippen molar-refractivity contribution in [2.45, 2.75) is 4.90 Å². The number of amides is 1. The van der Waals surface area contributed by atoms with Crippen molar-refractivity contribution < 1.29 is 17.6 Å². The maximum atomic E-state index is 12.7. The van der Waals surface area contributed by atoms with Gasteiger partial charge in [0.25, 0.3) is 11.8 Å². The van der Waals surface area contributed by atoms with Crippen LogP contribution in [0.4, 0.5) is 6.01 Å². The number of sulfonamides is 1. The second-order valence-corrected chi connectivity index (χ2v) is 8.52. The third-order valence-electron chi connectivity index (χ3n) is 3.83. The van der Waals surface area contributed by atoms with Gasteiger partial charge in [-0.05, 0) is 35.7 Å². The predicted molar refractivity (Wildman–Crippen MR) is 111 cm³/mol. The molecule has 0 bridgehead atoms. The van der Waals surface area contributed by atoms with Crippen LogP contribution in [0.3, 0.4) is 0 Å². The van der Waals surface area contributed by atoms with Crippen molar-refractivity contribution in [1.29, 1.82) is 0 Å². The van der Waals surface area contributed by atoms with E-state index >= 15 is 0 Å². The van der Waals surface area contributed by atoms with Gasteiger partial charge in [-0.1, -0.05) is 17.3 Å². The van der Waals surface area contributed by atoms with Crippen molar-refractivity contribution in [2.75, 3.05) is 18.4 Å². The van der Waals surface area contributed by atoms with Gasteiger partial charge in [-0.25, -0.2) is 8.42 Å². The lowest BCUT2D eigenvalue weighted by molar-refractivity contribution is 0.102. The van der Waals surface area contributed by atoms with Gasteiger partial charge >= 0.3 is 6.01 Å². The molecule has 0 spiro atoms. The number of aromatic nitrogens is 2. The molecule has 0 aliphatic carbocycles. The fourth-order valence-electron chi connectivity index (χ4n) is 2.43. The number of thiophene rings is 1. The van der Waals surface area contributed by atoms with E-state index in [4.69, 9.17) is 4.42 Å². The summed E-state index contributed by atoms with van der Waals surface area (Å²) in [5.74, 6) is -0.198. The van der Waals surface area contributed by atoms with Crippen molar-refractivity contribution in [3.63, 3.8) is 0 Å². The average Bonchev–Trinajstić information content (AvgIpc) is 3.39. The van der Waals surface area contributed by atoms with Crippen LogP contribution in [0.2, 0.25) is 0 Å². The Balaban J connectivity index is 1.73. The van der Waals surface area contributed by atoms with E-state index in [1.54, 1.807) is 0 Å². The molecule has 2 heterocycles. The summed E-state index contributed by atoms with van der Waals surface area (Å²) in [5.41, 5.74) is 1.01. The summed E-state index contributed by atoms with van der Waals surface area (Å²) in [6.07, 6.45) is 3.00. The monoisotopic (exact) mass is 430 g/mol. The fourth-order valence-corrected chi connectivity index (χ4v) is 4.44. The number of carbonyl (C=O) groups is 1. The highest BCUT2D eigenvalue weighted by molar-refractivity contribution is 7.89. The molecule has 0 saturated heterocycles. The van der Waals surface area contributed by atoms with Crippen molar-refractivity contribution >= 4 is 33.3 Å². The van der Waals surface area contributed by atoms with Gasteiger partial charge < -0.3 is 4.42 Å². The second kappa shape index (κ2) is 8.95. The molecule has 0 unspecified atom stereocenters. The Hall–Kier alpha value is -3.08. The van der Waals surface area contributed by atoms with Crippen molar-refractivity contribution in [3.05, 3.63) is 72.0 Å². The molecule has 8 nitrogen and oxygen atoms in total. The Morgan fingerprint density at radius 3 is 2.41 bits per heavy atom. The van der Waals surface area contributed by atoms with E-state index in [0.29, 0.717) is 5.89 Å². The first-order chi connectivity index (χ1) is 14.0. The highest BCUT2D eigenvalue weighted by Crippen LogP contribution is 2.22. The topological polar surface area (TPSA) is 105 Å². The zero-order valence-electron chi connectivity index (χ0n) is 15.3. The minimum atomic E-state index is -3.73. The smallest absolute Gasteiger partial charge is 0.322 e. The maximum Gasteiger partial charge on any atom is 0.322 e. The van der Waals surface area contributed by atoms with Gasteiger partial charge in [0.05, 0.1) is 4.90 Å². The van der Waals surface area contributed by atoms with Crippen LogP contribution in [0.15, 0.2) is 75.7 Å². The molecule has 0 aliphatic rings. The van der Waals surface area contributed by atoms with Crippen molar-refractivity contribution in [1.82, 2.24) is 14.5 Å². The molecule has 1 aromatic carbocycles. The van der Waals surface area contributed by atoms with Crippen LogP contribution in [0.25, 0.3) is 11.5 Å². The summed E-state index contributed by atoms with van der Waals surface area (Å²) in [6.45, 7) is 7.45. The molecule has 0 fully saturated rings. The van der Waals surface area contributed by atoms with E-state index in [-0.39, 0.29) is 29.6 Å². The summed E-state index contributed by atoms with van der Waals surface area (Å²) in [5, 5.41) is 13.9. The highest BCUT2D eigenvalue weighted by Gasteiger charge is 2.23. The molecule has 0 radical (unpaired) electrons. The number of nitrogens with one attached hydrogen (secondary N) is 1. The number of rotatable bonds is 9. The van der Waals surface area contributed by atoms with Crippen LogP contribution in [0.5, 0.6) is 0 Å². The minimum Gasteiger partial charge on any atom is -0.403 e. The zero-order chi connectivity index (χ0) is 20.9. The van der Waals surface area contributed by atoms with Crippen LogP contribution in [-0.4, -0.2) is 41.9 Å². The maximum absolute atomic E-state index is 12.7. The van der Waals surface area contributed by atoms with Crippen LogP contribution >= 0.6 is 11.3 Å². The molecule has 3 rings (SSSR count). The van der Waals surface area contributed by atoms with Gasteiger partial charge in [0.2, 0.25) is 10.0 Å². The van der Waals surface area contributed by atoms with Gasteiger partial charge in [-0.3, -0.25) is 10.1 Å². The standard InChI is InChI=1S/C19H18N4O4S2/c1-3-10-23(11-4-2)29(25,26)16-7-5-14(6-8-16)17(24)20-19-22-21-18(27-19)15-9-12-28-13-15/h3-9,12-13H,1-2,10-11H2,(H,20,22,24). The molecule has 1 amide bonds. The van der Waals surface area contributed by atoms with E-state index < -0.39 is 15.9 Å². The molecule has 0 atom stereocenters. The van der Waals surface area contributed by atoms with Crippen LogP contribution in [0.1, 0.15) is 10.4 Å². The van der Waals surface area contributed by atoms with Gasteiger partial charge in [0.15, 0.2) is 0 Å². The zero-order valence-corrected chi connectivity index (χ0v) is 16.9. The summed E-state index contributed by atoms with van der Waals surface area (Å²) in [4.78, 5) is 12.5. The summed E-state index contributed by atoms with van der Waals surface area (Å²) in [6, 6.07) is 7.35. The van der Waals surface area contributed by atoms with E-state index in [0.717, 1.165) is 5.56 Å². The Bertz CT molecular complexity index is 1090. The number of benzene rings is 1. The molecular formula is C19H18N4O4S2. The van der Waals surface area contributed by atoms with Crippen LogP contribution in [-0.2, 0) is 10.0 Å². The highest BCUT2D eigenvalue weighted by atomic mass is 32.2. The van der Waals surface area contributed by atoms with E-state index in [1.807, 2.05) is 16.8 Å². The summed E-state index contributed by atoms with van der Waals surface area (Å²) >= 11 is 1.49. The predicted octanol–water partition coefficient (Wildman–Crippen LogP) is 3.41. The number of hydrogen-bond acceptors (Lipinski definition) is 7. The lowest BCUT2D eigenvalue weighted by Crippen LogP contribution is -2.31. The summed E-state index contributed by atoms with van der Waals surface area (Å²) in [7, 11) is -3.73. The third-order valence-corrected chi connectivity index (χ3v) is 6.36. The Kier molecular flexibility index (Phi) is 6.37. The number of nitrogens with zero attached hydrogens (tertiary/aromatic N) is 3. The Morgan fingerprint density at radius 2 is 1.83 bits per heavy atom. The number of anilines is 1. The molecule has 10 heteroatoms. The third kappa shape index (κ3) is 4.67. The first kappa shape index (κ1) is 20.6. The second-order valence-electron chi connectivity index (χ2n) is 5.80. The van der Waals surface area contributed by atoms with Crippen LogP contribution in [0, 0.1) is 0 Å². The Labute approximate surface area is 172 Å². The SMILES string of the molecule is C=CCN(CC=C)S(=O)(=O)c1ccc(C(=O)Nc2nnc(-c3ccsc3)o2)cc1. The van der Waals surface area contributed by atoms with Gasteiger partial charge in [-0.2, -0.15) is 15.6 Å².